The number of hydrogen-bond donors (Lipinski definition) is 2. The van der Waals surface area contributed by atoms with Crippen molar-refractivity contribution in [3.63, 3.8) is 0 Å². The lowest BCUT2D eigenvalue weighted by molar-refractivity contribution is -0.139. The Morgan fingerprint density at radius 1 is 1.53 bits per heavy atom. The SMILES string of the molecule is CCCNC(CCc1cccc(F)c1OC)C(=O)O. The Morgan fingerprint density at radius 3 is 2.84 bits per heavy atom. The summed E-state index contributed by atoms with van der Waals surface area (Å²) < 4.78 is 18.5. The number of para-hydroxylation sites is 1. The second kappa shape index (κ2) is 7.74. The molecule has 0 aromatic heterocycles. The monoisotopic (exact) mass is 269 g/mol. The zero-order valence-electron chi connectivity index (χ0n) is 11.3. The lowest BCUT2D eigenvalue weighted by atomic mass is 10.0. The van der Waals surface area contributed by atoms with Crippen molar-refractivity contribution < 1.29 is 19.0 Å². The third-order valence-electron chi connectivity index (χ3n) is 2.89. The molecule has 0 heterocycles. The van der Waals surface area contributed by atoms with Crippen molar-refractivity contribution in [3.8, 4) is 5.75 Å². The van der Waals surface area contributed by atoms with E-state index >= 15 is 0 Å². The minimum Gasteiger partial charge on any atom is -0.493 e. The normalized spacial score (nSPS) is 12.2. The van der Waals surface area contributed by atoms with Gasteiger partial charge in [-0.1, -0.05) is 19.1 Å². The van der Waals surface area contributed by atoms with Crippen LogP contribution in [0.1, 0.15) is 25.3 Å². The van der Waals surface area contributed by atoms with Gasteiger partial charge in [-0.3, -0.25) is 4.79 Å². The van der Waals surface area contributed by atoms with Gasteiger partial charge in [0, 0.05) is 0 Å². The van der Waals surface area contributed by atoms with Crippen LogP contribution in [-0.4, -0.2) is 30.8 Å². The number of hydrogen-bond acceptors (Lipinski definition) is 3. The molecule has 1 rings (SSSR count). The third kappa shape index (κ3) is 4.52. The maximum absolute atomic E-state index is 13.5. The van der Waals surface area contributed by atoms with E-state index in [1.54, 1.807) is 12.1 Å². The van der Waals surface area contributed by atoms with E-state index in [0.717, 1.165) is 6.42 Å². The largest absolute Gasteiger partial charge is 0.493 e. The molecule has 5 heteroatoms. The predicted molar refractivity (Wildman–Crippen MR) is 71.0 cm³/mol. The second-order valence-electron chi connectivity index (χ2n) is 4.32. The van der Waals surface area contributed by atoms with Gasteiger partial charge in [0.05, 0.1) is 7.11 Å². The Hall–Kier alpha value is -1.62. The van der Waals surface area contributed by atoms with Gasteiger partial charge in [-0.15, -0.1) is 0 Å². The molecule has 0 amide bonds. The van der Waals surface area contributed by atoms with Gasteiger partial charge in [0.15, 0.2) is 11.6 Å². The zero-order chi connectivity index (χ0) is 14.3. The van der Waals surface area contributed by atoms with Gasteiger partial charge in [0.2, 0.25) is 0 Å². The average Bonchev–Trinajstić information content (AvgIpc) is 2.38. The fourth-order valence-corrected chi connectivity index (χ4v) is 1.91. The number of aliphatic carboxylic acids is 1. The van der Waals surface area contributed by atoms with Crippen LogP contribution in [0.3, 0.4) is 0 Å². The highest BCUT2D eigenvalue weighted by atomic mass is 19.1. The van der Waals surface area contributed by atoms with E-state index in [1.807, 2.05) is 6.92 Å². The van der Waals surface area contributed by atoms with Gasteiger partial charge in [-0.2, -0.15) is 0 Å². The fraction of sp³-hybridized carbons (Fsp3) is 0.500. The van der Waals surface area contributed by atoms with Gasteiger partial charge in [0.1, 0.15) is 6.04 Å². The van der Waals surface area contributed by atoms with E-state index in [9.17, 15) is 9.18 Å². The summed E-state index contributed by atoms with van der Waals surface area (Å²) in [6.07, 6.45) is 1.72. The van der Waals surface area contributed by atoms with E-state index in [0.29, 0.717) is 24.9 Å². The molecule has 106 valence electrons. The van der Waals surface area contributed by atoms with Crippen molar-refractivity contribution in [2.75, 3.05) is 13.7 Å². The molecule has 0 spiro atoms. The molecule has 1 atom stereocenters. The van der Waals surface area contributed by atoms with E-state index in [-0.39, 0.29) is 5.75 Å². The Morgan fingerprint density at radius 2 is 2.26 bits per heavy atom. The van der Waals surface area contributed by atoms with Gasteiger partial charge in [-0.25, -0.2) is 4.39 Å². The standard InChI is InChI=1S/C14H20FNO3/c1-3-9-16-12(14(17)18)8-7-10-5-4-6-11(15)13(10)19-2/h4-6,12,16H,3,7-9H2,1-2H3,(H,17,18). The molecule has 0 saturated carbocycles. The lowest BCUT2D eigenvalue weighted by Gasteiger charge is -2.15. The molecular formula is C14H20FNO3. The predicted octanol–water partition coefficient (Wildman–Crippen LogP) is 2.22. The highest BCUT2D eigenvalue weighted by Crippen LogP contribution is 2.23. The summed E-state index contributed by atoms with van der Waals surface area (Å²) in [6.45, 7) is 2.62. The van der Waals surface area contributed by atoms with E-state index in [4.69, 9.17) is 9.84 Å². The molecule has 4 nitrogen and oxygen atoms in total. The molecular weight excluding hydrogens is 249 g/mol. The summed E-state index contributed by atoms with van der Waals surface area (Å²) >= 11 is 0. The number of carbonyl (C=O) groups is 1. The Labute approximate surface area is 112 Å². The molecule has 1 unspecified atom stereocenters. The van der Waals surface area contributed by atoms with Crippen LogP contribution < -0.4 is 10.1 Å². The topological polar surface area (TPSA) is 58.6 Å². The van der Waals surface area contributed by atoms with E-state index < -0.39 is 17.8 Å². The number of rotatable bonds is 8. The number of methoxy groups -OCH3 is 1. The van der Waals surface area contributed by atoms with E-state index in [1.165, 1.54) is 13.2 Å². The summed E-state index contributed by atoms with van der Waals surface area (Å²) in [4.78, 5) is 11.1. The lowest BCUT2D eigenvalue weighted by Crippen LogP contribution is -2.37. The van der Waals surface area contributed by atoms with Crippen molar-refractivity contribution in [2.45, 2.75) is 32.2 Å². The molecule has 19 heavy (non-hydrogen) atoms. The third-order valence-corrected chi connectivity index (χ3v) is 2.89. The highest BCUT2D eigenvalue weighted by Gasteiger charge is 2.17. The van der Waals surface area contributed by atoms with Crippen LogP contribution in [0.15, 0.2) is 18.2 Å². The molecule has 2 N–H and O–H groups in total. The van der Waals surface area contributed by atoms with Crippen molar-refractivity contribution in [1.82, 2.24) is 5.32 Å². The number of ether oxygens (including phenoxy) is 1. The van der Waals surface area contributed by atoms with Crippen molar-refractivity contribution >= 4 is 5.97 Å². The van der Waals surface area contributed by atoms with Gasteiger partial charge >= 0.3 is 5.97 Å². The summed E-state index contributed by atoms with van der Waals surface area (Å²) in [5.41, 5.74) is 0.687. The van der Waals surface area contributed by atoms with Gasteiger partial charge in [0.25, 0.3) is 0 Å². The second-order valence-corrected chi connectivity index (χ2v) is 4.32. The first-order valence-electron chi connectivity index (χ1n) is 6.37. The quantitative estimate of drug-likeness (QED) is 0.759. The van der Waals surface area contributed by atoms with Crippen molar-refractivity contribution in [2.24, 2.45) is 0 Å². The summed E-state index contributed by atoms with van der Waals surface area (Å²) in [5.74, 6) is -1.11. The molecule has 0 aliphatic heterocycles. The molecule has 1 aromatic rings. The number of aryl methyl sites for hydroxylation is 1. The number of carboxylic acid groups (broad SMARTS) is 1. The van der Waals surface area contributed by atoms with Crippen molar-refractivity contribution in [1.29, 1.82) is 0 Å². The average molecular weight is 269 g/mol. The van der Waals surface area contributed by atoms with Crippen LogP contribution in [0.4, 0.5) is 4.39 Å². The molecule has 0 bridgehead atoms. The zero-order valence-corrected chi connectivity index (χ0v) is 11.3. The van der Waals surface area contributed by atoms with Gasteiger partial charge < -0.3 is 15.2 Å². The maximum atomic E-state index is 13.5. The Bertz CT molecular complexity index is 423. The summed E-state index contributed by atoms with van der Waals surface area (Å²) in [6, 6.07) is 4.06. The summed E-state index contributed by atoms with van der Waals surface area (Å²) in [5, 5.41) is 12.0. The fourth-order valence-electron chi connectivity index (χ4n) is 1.91. The molecule has 0 aliphatic carbocycles. The minimum atomic E-state index is -0.885. The molecule has 0 radical (unpaired) electrons. The molecule has 0 saturated heterocycles. The minimum absolute atomic E-state index is 0.196. The van der Waals surface area contributed by atoms with Crippen LogP contribution >= 0.6 is 0 Å². The Kier molecular flexibility index (Phi) is 6.29. The van der Waals surface area contributed by atoms with Crippen LogP contribution in [0.5, 0.6) is 5.75 Å². The molecule has 1 aromatic carbocycles. The highest BCUT2D eigenvalue weighted by molar-refractivity contribution is 5.73. The number of carboxylic acids is 1. The maximum Gasteiger partial charge on any atom is 0.320 e. The van der Waals surface area contributed by atoms with E-state index in [2.05, 4.69) is 5.32 Å². The van der Waals surface area contributed by atoms with Crippen LogP contribution in [0.2, 0.25) is 0 Å². The number of benzene rings is 1. The molecule has 0 aliphatic rings. The number of nitrogens with one attached hydrogen (secondary N) is 1. The first-order chi connectivity index (χ1) is 9.10. The van der Waals surface area contributed by atoms with Crippen LogP contribution in [0.25, 0.3) is 0 Å². The summed E-state index contributed by atoms with van der Waals surface area (Å²) in [7, 11) is 1.41. The molecule has 0 fully saturated rings. The smallest absolute Gasteiger partial charge is 0.320 e. The Balaban J connectivity index is 2.68. The van der Waals surface area contributed by atoms with Crippen LogP contribution in [-0.2, 0) is 11.2 Å². The number of halogens is 1. The van der Waals surface area contributed by atoms with Crippen LogP contribution in [0, 0.1) is 5.82 Å². The van der Waals surface area contributed by atoms with Gasteiger partial charge in [-0.05, 0) is 37.4 Å². The first-order valence-corrected chi connectivity index (χ1v) is 6.37. The van der Waals surface area contributed by atoms with Crippen molar-refractivity contribution in [3.05, 3.63) is 29.6 Å². The first kappa shape index (κ1) is 15.4.